The quantitative estimate of drug-likeness (QED) is 0.833. The van der Waals surface area contributed by atoms with Crippen molar-refractivity contribution in [3.8, 4) is 11.3 Å². The number of aromatic nitrogens is 2. The zero-order valence-electron chi connectivity index (χ0n) is 7.61. The molecule has 0 spiro atoms. The van der Waals surface area contributed by atoms with E-state index in [0.717, 1.165) is 5.56 Å². The zero-order valence-corrected chi connectivity index (χ0v) is 9.13. The summed E-state index contributed by atoms with van der Waals surface area (Å²) in [6.45, 7) is 0. The van der Waals surface area contributed by atoms with Crippen LogP contribution in [0.3, 0.4) is 0 Å². The minimum Gasteiger partial charge on any atom is -0.396 e. The molecular weight excluding hydrogens is 233 g/mol. The van der Waals surface area contributed by atoms with E-state index in [0.29, 0.717) is 16.4 Å². The molecule has 0 atom stereocenters. The van der Waals surface area contributed by atoms with Gasteiger partial charge < -0.3 is 5.73 Å². The monoisotopic (exact) mass is 239 g/mol. The van der Waals surface area contributed by atoms with Crippen molar-refractivity contribution in [2.45, 2.75) is 0 Å². The molecule has 5 heteroatoms. The molecule has 0 bridgehead atoms. The molecule has 1 aromatic heterocycles. The first-order chi connectivity index (χ1) is 7.16. The molecule has 0 saturated heterocycles. The van der Waals surface area contributed by atoms with Gasteiger partial charge in [0.2, 0.25) is 0 Å². The van der Waals surface area contributed by atoms with Crippen LogP contribution in [0.4, 0.5) is 5.69 Å². The van der Waals surface area contributed by atoms with Crippen LogP contribution in [0, 0.1) is 0 Å². The Labute approximate surface area is 96.8 Å². The number of nitrogens with zero attached hydrogens (tertiary/aromatic N) is 2. The maximum Gasteiger partial charge on any atom is 0.174 e. The van der Waals surface area contributed by atoms with Crippen LogP contribution in [-0.2, 0) is 0 Å². The highest BCUT2D eigenvalue weighted by Crippen LogP contribution is 2.24. The minimum absolute atomic E-state index is 0.209. The number of benzene rings is 1. The molecular formula is C10H7Cl2N3. The summed E-state index contributed by atoms with van der Waals surface area (Å²) >= 11 is 11.5. The summed E-state index contributed by atoms with van der Waals surface area (Å²) in [5.74, 6) is 0. The molecule has 1 aromatic carbocycles. The fourth-order valence-electron chi connectivity index (χ4n) is 1.18. The molecule has 0 aliphatic heterocycles. The number of hydrogen-bond acceptors (Lipinski definition) is 3. The van der Waals surface area contributed by atoms with Crippen molar-refractivity contribution in [2.24, 2.45) is 0 Å². The third-order valence-corrected chi connectivity index (χ3v) is 2.43. The number of hydrogen-bond donors (Lipinski definition) is 1. The Morgan fingerprint density at radius 2 is 1.87 bits per heavy atom. The molecule has 2 rings (SSSR count). The summed E-state index contributed by atoms with van der Waals surface area (Å²) < 4.78 is 0. The van der Waals surface area contributed by atoms with Gasteiger partial charge in [-0.05, 0) is 18.2 Å². The molecule has 0 radical (unpaired) electrons. The second-order valence-electron chi connectivity index (χ2n) is 2.99. The predicted molar refractivity (Wildman–Crippen MR) is 61.9 cm³/mol. The lowest BCUT2D eigenvalue weighted by Crippen LogP contribution is -1.94. The van der Waals surface area contributed by atoms with Crippen LogP contribution in [0.1, 0.15) is 0 Å². The van der Waals surface area contributed by atoms with Crippen molar-refractivity contribution in [2.75, 3.05) is 5.73 Å². The maximum atomic E-state index is 5.86. The van der Waals surface area contributed by atoms with E-state index in [1.54, 1.807) is 18.2 Å². The molecule has 15 heavy (non-hydrogen) atoms. The van der Waals surface area contributed by atoms with E-state index < -0.39 is 0 Å². The second kappa shape index (κ2) is 4.04. The van der Waals surface area contributed by atoms with Gasteiger partial charge in [-0.2, -0.15) is 0 Å². The number of rotatable bonds is 1. The Morgan fingerprint density at radius 3 is 2.53 bits per heavy atom. The Hall–Kier alpha value is -1.32. The fourth-order valence-corrected chi connectivity index (χ4v) is 1.46. The average molecular weight is 240 g/mol. The average Bonchev–Trinajstić information content (AvgIpc) is 2.22. The first-order valence-corrected chi connectivity index (χ1v) is 4.97. The second-order valence-corrected chi connectivity index (χ2v) is 3.78. The van der Waals surface area contributed by atoms with Crippen molar-refractivity contribution in [3.05, 3.63) is 40.5 Å². The molecule has 0 unspecified atom stereocenters. The normalized spacial score (nSPS) is 10.3. The van der Waals surface area contributed by atoms with E-state index in [2.05, 4.69) is 10.2 Å². The summed E-state index contributed by atoms with van der Waals surface area (Å²) in [6, 6.07) is 8.96. The van der Waals surface area contributed by atoms with Gasteiger partial charge in [0.1, 0.15) is 0 Å². The van der Waals surface area contributed by atoms with E-state index >= 15 is 0 Å². The number of anilines is 1. The van der Waals surface area contributed by atoms with Gasteiger partial charge in [-0.25, -0.2) is 0 Å². The molecule has 0 aliphatic rings. The molecule has 3 nitrogen and oxygen atoms in total. The Bertz CT molecular complexity index is 500. The minimum atomic E-state index is 0.209. The van der Waals surface area contributed by atoms with Gasteiger partial charge in [0.05, 0.1) is 11.4 Å². The highest BCUT2D eigenvalue weighted by atomic mass is 35.5. The van der Waals surface area contributed by atoms with Crippen LogP contribution in [0.15, 0.2) is 30.3 Å². The highest BCUT2D eigenvalue weighted by Gasteiger charge is 2.04. The van der Waals surface area contributed by atoms with Crippen LogP contribution in [0.2, 0.25) is 10.2 Å². The standard InChI is InChI=1S/C10H7Cl2N3/c11-7-3-1-2-6(4-7)9-5-8(13)10(12)15-14-9/h1-5H,(H2,13,14). The smallest absolute Gasteiger partial charge is 0.174 e. The van der Waals surface area contributed by atoms with E-state index in [9.17, 15) is 0 Å². The predicted octanol–water partition coefficient (Wildman–Crippen LogP) is 3.03. The Kier molecular flexibility index (Phi) is 2.75. The van der Waals surface area contributed by atoms with Gasteiger partial charge in [0.15, 0.2) is 5.15 Å². The van der Waals surface area contributed by atoms with Crippen molar-refractivity contribution in [1.82, 2.24) is 10.2 Å². The fraction of sp³-hybridized carbons (Fsp3) is 0. The molecule has 0 amide bonds. The molecule has 76 valence electrons. The largest absolute Gasteiger partial charge is 0.396 e. The summed E-state index contributed by atoms with van der Waals surface area (Å²) in [6.07, 6.45) is 0. The van der Waals surface area contributed by atoms with Gasteiger partial charge in [-0.1, -0.05) is 35.3 Å². The van der Waals surface area contributed by atoms with E-state index in [-0.39, 0.29) is 5.15 Å². The number of nitrogens with two attached hydrogens (primary N) is 1. The first kappa shape index (κ1) is 10.2. The SMILES string of the molecule is Nc1cc(-c2cccc(Cl)c2)nnc1Cl. The lowest BCUT2D eigenvalue weighted by atomic mass is 10.1. The summed E-state index contributed by atoms with van der Waals surface area (Å²) in [5.41, 5.74) is 7.54. The van der Waals surface area contributed by atoms with Crippen LogP contribution in [0.25, 0.3) is 11.3 Å². The molecule has 0 fully saturated rings. The van der Waals surface area contributed by atoms with Gasteiger partial charge >= 0.3 is 0 Å². The molecule has 1 heterocycles. The van der Waals surface area contributed by atoms with E-state index in [1.165, 1.54) is 0 Å². The van der Waals surface area contributed by atoms with E-state index in [1.807, 2.05) is 12.1 Å². The first-order valence-electron chi connectivity index (χ1n) is 4.21. The lowest BCUT2D eigenvalue weighted by molar-refractivity contribution is 1.04. The van der Waals surface area contributed by atoms with Gasteiger partial charge in [0, 0.05) is 10.6 Å². The van der Waals surface area contributed by atoms with Crippen LogP contribution in [0.5, 0.6) is 0 Å². The maximum absolute atomic E-state index is 5.86. The third-order valence-electron chi connectivity index (χ3n) is 1.90. The topological polar surface area (TPSA) is 51.8 Å². The highest BCUT2D eigenvalue weighted by molar-refractivity contribution is 6.32. The number of halogens is 2. The summed E-state index contributed by atoms with van der Waals surface area (Å²) in [4.78, 5) is 0. The number of nitrogen functional groups attached to an aromatic ring is 1. The van der Waals surface area contributed by atoms with Gasteiger partial charge in [-0.15, -0.1) is 10.2 Å². The van der Waals surface area contributed by atoms with Crippen LogP contribution < -0.4 is 5.73 Å². The van der Waals surface area contributed by atoms with E-state index in [4.69, 9.17) is 28.9 Å². The molecule has 2 aromatic rings. The third kappa shape index (κ3) is 2.19. The van der Waals surface area contributed by atoms with Gasteiger partial charge in [-0.3, -0.25) is 0 Å². The van der Waals surface area contributed by atoms with Crippen LogP contribution >= 0.6 is 23.2 Å². The zero-order chi connectivity index (χ0) is 10.8. The van der Waals surface area contributed by atoms with Crippen molar-refractivity contribution < 1.29 is 0 Å². The summed E-state index contributed by atoms with van der Waals surface area (Å²) in [5, 5.41) is 8.51. The van der Waals surface area contributed by atoms with Crippen molar-refractivity contribution in [1.29, 1.82) is 0 Å². The lowest BCUT2D eigenvalue weighted by Gasteiger charge is -2.02. The van der Waals surface area contributed by atoms with Crippen molar-refractivity contribution >= 4 is 28.9 Å². The summed E-state index contributed by atoms with van der Waals surface area (Å²) in [7, 11) is 0. The molecule has 0 saturated carbocycles. The molecule has 2 N–H and O–H groups in total. The van der Waals surface area contributed by atoms with Crippen molar-refractivity contribution in [3.63, 3.8) is 0 Å². The Morgan fingerprint density at radius 1 is 1.07 bits per heavy atom. The molecule has 0 aliphatic carbocycles. The Balaban J connectivity index is 2.50. The van der Waals surface area contributed by atoms with Crippen LogP contribution in [-0.4, -0.2) is 10.2 Å². The van der Waals surface area contributed by atoms with Gasteiger partial charge in [0.25, 0.3) is 0 Å².